The van der Waals surface area contributed by atoms with E-state index < -0.39 is 0 Å². The van der Waals surface area contributed by atoms with Crippen molar-refractivity contribution in [1.82, 2.24) is 4.90 Å². The topological polar surface area (TPSA) is 29.3 Å². The first-order chi connectivity index (χ1) is 9.80. The molecule has 0 radical (unpaired) electrons. The van der Waals surface area contributed by atoms with Gasteiger partial charge in [-0.25, -0.2) is 0 Å². The summed E-state index contributed by atoms with van der Waals surface area (Å²) in [6.45, 7) is 5.43. The molecule has 1 aromatic carbocycles. The van der Waals surface area contributed by atoms with Gasteiger partial charge in [-0.15, -0.1) is 0 Å². The maximum atomic E-state index is 6.20. The molecule has 2 nitrogen and oxygen atoms in total. The molecular weight excluding hydrogens is 244 g/mol. The van der Waals surface area contributed by atoms with Crippen molar-refractivity contribution in [2.24, 2.45) is 5.73 Å². The first-order valence-corrected chi connectivity index (χ1v) is 8.30. The molecule has 2 rings (SSSR count). The molecule has 112 valence electrons. The van der Waals surface area contributed by atoms with Crippen LogP contribution in [0.1, 0.15) is 51.0 Å². The Hall–Kier alpha value is -0.860. The summed E-state index contributed by atoms with van der Waals surface area (Å²) in [5.74, 6) is 0. The van der Waals surface area contributed by atoms with Crippen LogP contribution in [0.15, 0.2) is 30.3 Å². The molecule has 2 heteroatoms. The van der Waals surface area contributed by atoms with E-state index in [-0.39, 0.29) is 5.54 Å². The van der Waals surface area contributed by atoms with Crippen molar-refractivity contribution in [3.8, 4) is 0 Å². The molecule has 0 bridgehead atoms. The predicted molar refractivity (Wildman–Crippen MR) is 86.9 cm³/mol. The van der Waals surface area contributed by atoms with E-state index >= 15 is 0 Å². The van der Waals surface area contributed by atoms with Crippen LogP contribution in [0, 0.1) is 0 Å². The Balaban J connectivity index is 2.01. The smallest absolute Gasteiger partial charge is 0.0331 e. The molecule has 0 saturated heterocycles. The van der Waals surface area contributed by atoms with Crippen LogP contribution in [0.3, 0.4) is 0 Å². The van der Waals surface area contributed by atoms with E-state index in [0.29, 0.717) is 0 Å². The second-order valence-corrected chi connectivity index (χ2v) is 6.21. The normalized spacial score (nSPS) is 18.4. The Labute approximate surface area is 124 Å². The number of hydrogen-bond acceptors (Lipinski definition) is 2. The highest BCUT2D eigenvalue weighted by molar-refractivity contribution is 5.15. The van der Waals surface area contributed by atoms with Gasteiger partial charge in [-0.1, -0.05) is 56.5 Å². The Morgan fingerprint density at radius 2 is 1.75 bits per heavy atom. The van der Waals surface area contributed by atoms with Crippen LogP contribution in [0.5, 0.6) is 0 Å². The van der Waals surface area contributed by atoms with Crippen molar-refractivity contribution in [2.75, 3.05) is 19.6 Å². The van der Waals surface area contributed by atoms with E-state index in [0.717, 1.165) is 19.5 Å². The van der Waals surface area contributed by atoms with Gasteiger partial charge in [0.2, 0.25) is 0 Å². The minimum atomic E-state index is 0.281. The molecule has 1 fully saturated rings. The van der Waals surface area contributed by atoms with Crippen molar-refractivity contribution in [3.05, 3.63) is 35.9 Å². The second kappa shape index (κ2) is 7.80. The first-order valence-electron chi connectivity index (χ1n) is 8.30. The maximum Gasteiger partial charge on any atom is 0.0331 e. The average molecular weight is 274 g/mol. The van der Waals surface area contributed by atoms with Gasteiger partial charge in [-0.2, -0.15) is 0 Å². The van der Waals surface area contributed by atoms with Gasteiger partial charge < -0.3 is 5.73 Å². The van der Waals surface area contributed by atoms with Gasteiger partial charge in [0.25, 0.3) is 0 Å². The molecule has 1 aliphatic carbocycles. The Morgan fingerprint density at radius 3 is 2.35 bits per heavy atom. The quantitative estimate of drug-likeness (QED) is 0.823. The Kier molecular flexibility index (Phi) is 6.06. The monoisotopic (exact) mass is 274 g/mol. The zero-order chi connectivity index (χ0) is 14.3. The van der Waals surface area contributed by atoms with Crippen LogP contribution in [-0.4, -0.2) is 30.1 Å². The van der Waals surface area contributed by atoms with Gasteiger partial charge in [0.15, 0.2) is 0 Å². The summed E-state index contributed by atoms with van der Waals surface area (Å²) in [6, 6.07) is 10.8. The lowest BCUT2D eigenvalue weighted by molar-refractivity contribution is 0.0577. The summed E-state index contributed by atoms with van der Waals surface area (Å²) >= 11 is 0. The Bertz CT molecular complexity index is 368. The highest BCUT2D eigenvalue weighted by Crippen LogP contribution is 2.33. The van der Waals surface area contributed by atoms with Gasteiger partial charge in [0, 0.05) is 18.6 Å². The zero-order valence-electron chi connectivity index (χ0n) is 13.0. The van der Waals surface area contributed by atoms with E-state index in [1.54, 1.807) is 0 Å². The van der Waals surface area contributed by atoms with Gasteiger partial charge >= 0.3 is 0 Å². The molecule has 0 heterocycles. The van der Waals surface area contributed by atoms with Crippen LogP contribution < -0.4 is 5.73 Å². The molecule has 0 amide bonds. The van der Waals surface area contributed by atoms with Crippen LogP contribution >= 0.6 is 0 Å². The van der Waals surface area contributed by atoms with Gasteiger partial charge in [0.05, 0.1) is 0 Å². The summed E-state index contributed by atoms with van der Waals surface area (Å²) in [5.41, 5.74) is 7.92. The minimum absolute atomic E-state index is 0.281. The molecule has 1 aromatic rings. The van der Waals surface area contributed by atoms with Crippen LogP contribution in [0.2, 0.25) is 0 Å². The summed E-state index contributed by atoms with van der Waals surface area (Å²) in [7, 11) is 0. The number of hydrogen-bond donors (Lipinski definition) is 1. The second-order valence-electron chi connectivity index (χ2n) is 6.21. The first kappa shape index (κ1) is 15.5. The average Bonchev–Trinajstić information content (AvgIpc) is 2.53. The molecule has 2 N–H and O–H groups in total. The molecule has 1 aliphatic rings. The van der Waals surface area contributed by atoms with Crippen LogP contribution in [0.4, 0.5) is 0 Å². The minimum Gasteiger partial charge on any atom is -0.329 e. The fourth-order valence-corrected chi connectivity index (χ4v) is 3.62. The summed E-state index contributed by atoms with van der Waals surface area (Å²) in [6.07, 6.45) is 9.03. The molecular formula is C18H30N2. The van der Waals surface area contributed by atoms with Crippen molar-refractivity contribution < 1.29 is 0 Å². The summed E-state index contributed by atoms with van der Waals surface area (Å²) in [4.78, 5) is 2.69. The third kappa shape index (κ3) is 3.83. The van der Waals surface area contributed by atoms with E-state index in [2.05, 4.69) is 42.2 Å². The van der Waals surface area contributed by atoms with Gasteiger partial charge in [-0.05, 0) is 37.8 Å². The number of rotatable bonds is 7. The van der Waals surface area contributed by atoms with E-state index in [4.69, 9.17) is 5.73 Å². The standard InChI is InChI=1S/C18H30N2/c1-2-14-20(15-11-17-9-5-3-6-10-17)18(16-19)12-7-4-8-13-18/h3,5-6,9-10H,2,4,7-8,11-16,19H2,1H3. The van der Waals surface area contributed by atoms with E-state index in [1.165, 1.54) is 50.6 Å². The lowest BCUT2D eigenvalue weighted by atomic mass is 9.80. The van der Waals surface area contributed by atoms with E-state index in [1.807, 2.05) is 0 Å². The van der Waals surface area contributed by atoms with E-state index in [9.17, 15) is 0 Å². The zero-order valence-corrected chi connectivity index (χ0v) is 13.0. The lowest BCUT2D eigenvalue weighted by Crippen LogP contribution is -2.55. The largest absolute Gasteiger partial charge is 0.329 e. The number of nitrogens with two attached hydrogens (primary N) is 1. The fourth-order valence-electron chi connectivity index (χ4n) is 3.62. The third-order valence-electron chi connectivity index (χ3n) is 4.84. The third-order valence-corrected chi connectivity index (χ3v) is 4.84. The highest BCUT2D eigenvalue weighted by Gasteiger charge is 2.35. The molecule has 1 saturated carbocycles. The van der Waals surface area contributed by atoms with Gasteiger partial charge in [-0.3, -0.25) is 4.90 Å². The predicted octanol–water partition coefficient (Wildman–Crippen LogP) is 3.60. The number of benzene rings is 1. The molecule has 0 spiro atoms. The lowest BCUT2D eigenvalue weighted by Gasteiger charge is -2.46. The Morgan fingerprint density at radius 1 is 1.05 bits per heavy atom. The van der Waals surface area contributed by atoms with Crippen molar-refractivity contribution in [2.45, 2.75) is 57.4 Å². The fraction of sp³-hybridized carbons (Fsp3) is 0.667. The molecule has 0 aliphatic heterocycles. The van der Waals surface area contributed by atoms with Crippen LogP contribution in [0.25, 0.3) is 0 Å². The van der Waals surface area contributed by atoms with Crippen molar-refractivity contribution in [1.29, 1.82) is 0 Å². The van der Waals surface area contributed by atoms with Crippen LogP contribution in [-0.2, 0) is 6.42 Å². The molecule has 20 heavy (non-hydrogen) atoms. The van der Waals surface area contributed by atoms with Crippen molar-refractivity contribution in [3.63, 3.8) is 0 Å². The summed E-state index contributed by atoms with van der Waals surface area (Å²) in [5, 5.41) is 0. The number of nitrogens with zero attached hydrogens (tertiary/aromatic N) is 1. The molecule has 0 unspecified atom stereocenters. The molecule has 0 aromatic heterocycles. The SMILES string of the molecule is CCCN(CCc1ccccc1)C1(CN)CCCCC1. The summed E-state index contributed by atoms with van der Waals surface area (Å²) < 4.78 is 0. The van der Waals surface area contributed by atoms with Gasteiger partial charge in [0.1, 0.15) is 0 Å². The maximum absolute atomic E-state index is 6.20. The van der Waals surface area contributed by atoms with Crippen molar-refractivity contribution >= 4 is 0 Å². The highest BCUT2D eigenvalue weighted by atomic mass is 15.2. The molecule has 0 atom stereocenters.